The van der Waals surface area contributed by atoms with Crippen molar-refractivity contribution in [3.63, 3.8) is 0 Å². The molecule has 0 aliphatic carbocycles. The second-order valence-corrected chi connectivity index (χ2v) is 9.61. The number of benzene rings is 2. The van der Waals surface area contributed by atoms with Crippen molar-refractivity contribution in [2.75, 3.05) is 17.6 Å². The number of halogens is 1. The summed E-state index contributed by atoms with van der Waals surface area (Å²) in [4.78, 5) is 12.0. The number of terminal acetylenes is 1. The fourth-order valence-electron chi connectivity index (χ4n) is 2.62. The number of carbonyl (C=O) groups excluding carboxylic acids is 1. The van der Waals surface area contributed by atoms with Crippen LogP contribution in [0, 0.1) is 18.2 Å². The van der Waals surface area contributed by atoms with Crippen LogP contribution in [0.1, 0.15) is 37.5 Å². The number of anilines is 1. The number of hydrogen-bond acceptors (Lipinski definition) is 4. The first-order chi connectivity index (χ1) is 13.9. The number of sulfonamides is 1. The molecular formula is C22H25FN2O4S. The van der Waals surface area contributed by atoms with Gasteiger partial charge < -0.3 is 10.1 Å². The van der Waals surface area contributed by atoms with Crippen molar-refractivity contribution < 1.29 is 22.3 Å². The fourth-order valence-corrected chi connectivity index (χ4v) is 3.20. The SMILES string of the molecule is C#Cc1cc(CNC(=O)COc2ccc(C(C)(C)C)cc2)cc(F)c1NS(C)(=O)=O. The Balaban J connectivity index is 1.96. The van der Waals surface area contributed by atoms with E-state index < -0.39 is 21.7 Å². The lowest BCUT2D eigenvalue weighted by Gasteiger charge is -2.19. The maximum Gasteiger partial charge on any atom is 0.258 e. The first kappa shape index (κ1) is 23.2. The lowest BCUT2D eigenvalue weighted by molar-refractivity contribution is -0.123. The van der Waals surface area contributed by atoms with E-state index in [2.05, 4.69) is 36.7 Å². The van der Waals surface area contributed by atoms with Crippen LogP contribution >= 0.6 is 0 Å². The molecule has 2 aromatic carbocycles. The van der Waals surface area contributed by atoms with Crippen molar-refractivity contribution in [3.8, 4) is 18.1 Å². The molecule has 0 radical (unpaired) electrons. The molecule has 0 saturated heterocycles. The average Bonchev–Trinajstić information content (AvgIpc) is 2.65. The molecule has 1 amide bonds. The molecule has 0 aromatic heterocycles. The molecule has 6 nitrogen and oxygen atoms in total. The molecule has 0 spiro atoms. The summed E-state index contributed by atoms with van der Waals surface area (Å²) in [7, 11) is -3.69. The largest absolute Gasteiger partial charge is 0.484 e. The molecule has 8 heteroatoms. The number of amides is 1. The molecule has 0 aliphatic heterocycles. The molecule has 0 atom stereocenters. The second kappa shape index (κ2) is 9.18. The third-order valence-corrected chi connectivity index (χ3v) is 4.75. The van der Waals surface area contributed by atoms with Crippen LogP contribution in [0.15, 0.2) is 36.4 Å². The van der Waals surface area contributed by atoms with E-state index in [4.69, 9.17) is 11.2 Å². The predicted octanol–water partition coefficient (Wildman–Crippen LogP) is 3.17. The lowest BCUT2D eigenvalue weighted by Crippen LogP contribution is -2.28. The van der Waals surface area contributed by atoms with Gasteiger partial charge in [0, 0.05) is 6.54 Å². The summed E-state index contributed by atoms with van der Waals surface area (Å²) in [6, 6.07) is 10.0. The number of ether oxygens (including phenoxy) is 1. The van der Waals surface area contributed by atoms with Crippen molar-refractivity contribution in [2.24, 2.45) is 0 Å². The molecule has 2 N–H and O–H groups in total. The molecule has 160 valence electrons. The average molecular weight is 433 g/mol. The van der Waals surface area contributed by atoms with Crippen LogP contribution < -0.4 is 14.8 Å². The highest BCUT2D eigenvalue weighted by atomic mass is 32.2. The van der Waals surface area contributed by atoms with E-state index in [0.29, 0.717) is 11.3 Å². The summed E-state index contributed by atoms with van der Waals surface area (Å²) in [6.45, 7) is 6.13. The Morgan fingerprint density at radius 2 is 1.83 bits per heavy atom. The number of carbonyl (C=O) groups is 1. The zero-order chi connectivity index (χ0) is 22.5. The number of rotatable bonds is 7. The quantitative estimate of drug-likeness (QED) is 0.659. The Kier molecular flexibility index (Phi) is 7.11. The second-order valence-electron chi connectivity index (χ2n) is 7.86. The van der Waals surface area contributed by atoms with Crippen LogP contribution in [0.5, 0.6) is 5.75 Å². The van der Waals surface area contributed by atoms with E-state index in [-0.39, 0.29) is 29.8 Å². The van der Waals surface area contributed by atoms with Gasteiger partial charge in [-0.3, -0.25) is 9.52 Å². The third-order valence-electron chi connectivity index (χ3n) is 4.17. The monoisotopic (exact) mass is 432 g/mol. The normalized spacial score (nSPS) is 11.5. The number of hydrogen-bond donors (Lipinski definition) is 2. The van der Waals surface area contributed by atoms with Gasteiger partial charge >= 0.3 is 0 Å². The molecule has 30 heavy (non-hydrogen) atoms. The van der Waals surface area contributed by atoms with E-state index >= 15 is 0 Å². The highest BCUT2D eigenvalue weighted by Gasteiger charge is 2.15. The summed E-state index contributed by atoms with van der Waals surface area (Å²) >= 11 is 0. The Morgan fingerprint density at radius 3 is 2.37 bits per heavy atom. The first-order valence-electron chi connectivity index (χ1n) is 9.16. The van der Waals surface area contributed by atoms with Gasteiger partial charge in [0.25, 0.3) is 5.91 Å². The molecule has 0 saturated carbocycles. The highest BCUT2D eigenvalue weighted by molar-refractivity contribution is 7.92. The standard InChI is InChI=1S/C22H25FN2O4S/c1-6-16-11-15(12-19(23)21(16)25-30(5,27)28)13-24-20(26)14-29-18-9-7-17(8-10-18)22(2,3)4/h1,7-12,25H,13-14H2,2-5H3,(H,24,26). The van der Waals surface area contributed by atoms with E-state index in [0.717, 1.165) is 17.9 Å². The summed E-state index contributed by atoms with van der Waals surface area (Å²) in [5.74, 6) is 1.59. The maximum absolute atomic E-state index is 14.3. The lowest BCUT2D eigenvalue weighted by atomic mass is 9.87. The van der Waals surface area contributed by atoms with Gasteiger partial charge in [-0.1, -0.05) is 38.8 Å². The van der Waals surface area contributed by atoms with Crippen LogP contribution in [0.3, 0.4) is 0 Å². The van der Waals surface area contributed by atoms with E-state index in [1.54, 1.807) is 12.1 Å². The van der Waals surface area contributed by atoms with Gasteiger partial charge in [-0.05, 0) is 40.8 Å². The predicted molar refractivity (Wildman–Crippen MR) is 115 cm³/mol. The zero-order valence-electron chi connectivity index (χ0n) is 17.4. The van der Waals surface area contributed by atoms with Crippen LogP contribution in [0.25, 0.3) is 0 Å². The summed E-state index contributed by atoms with van der Waals surface area (Å²) in [5.41, 5.74) is 1.31. The van der Waals surface area contributed by atoms with Crippen molar-refractivity contribution in [1.82, 2.24) is 5.32 Å². The zero-order valence-corrected chi connectivity index (χ0v) is 18.2. The minimum atomic E-state index is -3.69. The Morgan fingerprint density at radius 1 is 1.20 bits per heavy atom. The molecular weight excluding hydrogens is 407 g/mol. The molecule has 2 rings (SSSR count). The minimum absolute atomic E-state index is 0.00983. The fraction of sp³-hybridized carbons (Fsp3) is 0.318. The highest BCUT2D eigenvalue weighted by Crippen LogP contribution is 2.24. The third kappa shape index (κ3) is 6.78. The molecule has 0 unspecified atom stereocenters. The Hall–Kier alpha value is -3.05. The van der Waals surface area contributed by atoms with Gasteiger partial charge in [-0.2, -0.15) is 0 Å². The first-order valence-corrected chi connectivity index (χ1v) is 11.0. The van der Waals surface area contributed by atoms with Gasteiger partial charge in [-0.25, -0.2) is 12.8 Å². The van der Waals surface area contributed by atoms with Crippen LogP contribution in [-0.2, 0) is 26.8 Å². The maximum atomic E-state index is 14.3. The van der Waals surface area contributed by atoms with E-state index in [1.165, 1.54) is 6.07 Å². The summed E-state index contributed by atoms with van der Waals surface area (Å²) in [6.07, 6.45) is 6.25. The number of nitrogens with one attached hydrogen (secondary N) is 2. The summed E-state index contributed by atoms with van der Waals surface area (Å²) < 4.78 is 44.5. The summed E-state index contributed by atoms with van der Waals surface area (Å²) in [5, 5.41) is 2.61. The molecule has 0 aliphatic rings. The van der Waals surface area contributed by atoms with Crippen molar-refractivity contribution in [3.05, 3.63) is 58.9 Å². The minimum Gasteiger partial charge on any atom is -0.484 e. The molecule has 2 aromatic rings. The van der Waals surface area contributed by atoms with Gasteiger partial charge in [0.1, 0.15) is 11.6 Å². The Bertz CT molecular complexity index is 1070. The van der Waals surface area contributed by atoms with Gasteiger partial charge in [0.05, 0.1) is 17.5 Å². The van der Waals surface area contributed by atoms with E-state index in [1.807, 2.05) is 12.1 Å². The topological polar surface area (TPSA) is 84.5 Å². The van der Waals surface area contributed by atoms with Crippen LogP contribution in [0.4, 0.5) is 10.1 Å². The van der Waals surface area contributed by atoms with Gasteiger partial charge in [-0.15, -0.1) is 6.42 Å². The van der Waals surface area contributed by atoms with Crippen LogP contribution in [-0.4, -0.2) is 27.2 Å². The molecule has 0 bridgehead atoms. The van der Waals surface area contributed by atoms with Crippen molar-refractivity contribution >= 4 is 21.6 Å². The van der Waals surface area contributed by atoms with Gasteiger partial charge in [0.15, 0.2) is 6.61 Å². The molecule has 0 fully saturated rings. The smallest absolute Gasteiger partial charge is 0.258 e. The molecule has 0 heterocycles. The van der Waals surface area contributed by atoms with E-state index in [9.17, 15) is 17.6 Å². The van der Waals surface area contributed by atoms with Crippen LogP contribution in [0.2, 0.25) is 0 Å². The van der Waals surface area contributed by atoms with Crippen molar-refractivity contribution in [2.45, 2.75) is 32.7 Å². The van der Waals surface area contributed by atoms with Crippen molar-refractivity contribution in [1.29, 1.82) is 0 Å². The van der Waals surface area contributed by atoms with Gasteiger partial charge in [0.2, 0.25) is 10.0 Å². The Labute approximate surface area is 176 Å².